The van der Waals surface area contributed by atoms with E-state index in [0.29, 0.717) is 23.7 Å². The van der Waals surface area contributed by atoms with Crippen LogP contribution in [0.3, 0.4) is 0 Å². The summed E-state index contributed by atoms with van der Waals surface area (Å²) in [6.45, 7) is 8.35. The molecule has 0 radical (unpaired) electrons. The summed E-state index contributed by atoms with van der Waals surface area (Å²) in [5.41, 5.74) is -0.914. The Kier molecular flexibility index (Phi) is 12.4. The van der Waals surface area contributed by atoms with E-state index in [1.807, 2.05) is 13.8 Å². The lowest BCUT2D eigenvalue weighted by Gasteiger charge is -2.36. The minimum Gasteiger partial charge on any atom is -0.462 e. The fourth-order valence-electron chi connectivity index (χ4n) is 5.68. The van der Waals surface area contributed by atoms with Gasteiger partial charge in [-0.3, -0.25) is 0 Å². The van der Waals surface area contributed by atoms with E-state index < -0.39 is 46.5 Å². The van der Waals surface area contributed by atoms with E-state index in [-0.39, 0.29) is 55.2 Å². The minimum atomic E-state index is -1.64. The van der Waals surface area contributed by atoms with Crippen molar-refractivity contribution in [2.24, 2.45) is 35.5 Å². The quantitative estimate of drug-likeness (QED) is 0.102. The molecule has 2 aromatic rings. The Bertz CT molecular complexity index is 1420. The molecule has 0 amide bonds. The summed E-state index contributed by atoms with van der Waals surface area (Å²) in [6.07, 6.45) is 4.09. The second-order valence-electron chi connectivity index (χ2n) is 12.3. The first kappa shape index (κ1) is 36.9. The maximum atomic E-state index is 13.1. The normalized spacial score (nSPS) is 21.7. The number of carbonyl (C=O) groups excluding carboxylic acids is 4. The zero-order valence-corrected chi connectivity index (χ0v) is 29.9. The molecule has 0 bridgehead atoms. The van der Waals surface area contributed by atoms with Gasteiger partial charge in [0.2, 0.25) is 0 Å². The molecular weight excluding hydrogens is 725 g/mol. The van der Waals surface area contributed by atoms with Gasteiger partial charge >= 0.3 is 23.9 Å². The molecular formula is C32H32Cl6O8. The highest BCUT2D eigenvalue weighted by Crippen LogP contribution is 2.43. The molecule has 4 rings (SSSR count). The van der Waals surface area contributed by atoms with Crippen molar-refractivity contribution in [3.63, 3.8) is 0 Å². The monoisotopic (exact) mass is 754 g/mol. The van der Waals surface area contributed by atoms with Crippen LogP contribution in [-0.2, 0) is 19.1 Å². The number of esters is 4. The van der Waals surface area contributed by atoms with Crippen LogP contribution in [-0.4, -0.2) is 37.1 Å². The first-order chi connectivity index (χ1) is 21.6. The molecule has 2 aliphatic rings. The number of hydrogen-bond donors (Lipinski definition) is 0. The van der Waals surface area contributed by atoms with Crippen molar-refractivity contribution >= 4 is 93.5 Å². The van der Waals surface area contributed by atoms with E-state index >= 15 is 0 Å². The standard InChI is InChI=1S/C32H32Cl6O8/c1-13-5-17(6-13)15(3)11-43-29(39)23-25(37)19(33)9-21(35)27(23)45-31(41)32(42)46-28-22(36)10-20(34)26(38)24(28)30(40)44-12-16(4)18-7-14(2)8-18/h9-10,13-18H,5-8,11-12H2,1-4H3. The van der Waals surface area contributed by atoms with Crippen LogP contribution in [0.25, 0.3) is 0 Å². The Morgan fingerprint density at radius 1 is 0.630 bits per heavy atom. The lowest BCUT2D eigenvalue weighted by atomic mass is 9.70. The Morgan fingerprint density at radius 2 is 0.957 bits per heavy atom. The predicted molar refractivity (Wildman–Crippen MR) is 177 cm³/mol. The summed E-state index contributed by atoms with van der Waals surface area (Å²) in [4.78, 5) is 52.2. The van der Waals surface area contributed by atoms with Gasteiger partial charge in [-0.25, -0.2) is 19.2 Å². The van der Waals surface area contributed by atoms with Crippen molar-refractivity contribution in [1.82, 2.24) is 0 Å². The third-order valence-corrected chi connectivity index (χ3v) is 10.7. The molecule has 2 unspecified atom stereocenters. The van der Waals surface area contributed by atoms with Crippen molar-refractivity contribution in [3.8, 4) is 11.5 Å². The van der Waals surface area contributed by atoms with Crippen LogP contribution < -0.4 is 9.47 Å². The van der Waals surface area contributed by atoms with E-state index in [4.69, 9.17) is 88.6 Å². The molecule has 0 N–H and O–H groups in total. The molecule has 0 aliphatic heterocycles. The Hall–Kier alpha value is -1.94. The van der Waals surface area contributed by atoms with E-state index in [2.05, 4.69) is 13.8 Å². The summed E-state index contributed by atoms with van der Waals surface area (Å²) in [5.74, 6) is -4.20. The van der Waals surface area contributed by atoms with E-state index in [0.717, 1.165) is 37.8 Å². The zero-order chi connectivity index (χ0) is 34.0. The summed E-state index contributed by atoms with van der Waals surface area (Å²) in [5, 5.41) is -1.46. The number of carbonyl (C=O) groups is 4. The van der Waals surface area contributed by atoms with Crippen molar-refractivity contribution in [2.45, 2.75) is 53.4 Å². The molecule has 0 heterocycles. The fraction of sp³-hybridized carbons (Fsp3) is 0.500. The van der Waals surface area contributed by atoms with Gasteiger partial charge in [-0.1, -0.05) is 97.3 Å². The minimum absolute atomic E-state index is 0.0662. The van der Waals surface area contributed by atoms with Crippen LogP contribution in [0, 0.1) is 35.5 Å². The molecule has 250 valence electrons. The Balaban J connectivity index is 1.51. The summed E-state index contributed by atoms with van der Waals surface area (Å²) in [7, 11) is 0. The van der Waals surface area contributed by atoms with Gasteiger partial charge in [0.25, 0.3) is 0 Å². The van der Waals surface area contributed by atoms with Crippen molar-refractivity contribution in [3.05, 3.63) is 53.4 Å². The molecule has 2 aliphatic carbocycles. The van der Waals surface area contributed by atoms with Crippen molar-refractivity contribution in [2.75, 3.05) is 13.2 Å². The summed E-state index contributed by atoms with van der Waals surface area (Å²) < 4.78 is 21.3. The largest absolute Gasteiger partial charge is 0.462 e. The first-order valence-corrected chi connectivity index (χ1v) is 17.0. The van der Waals surface area contributed by atoms with Crippen LogP contribution in [0.15, 0.2) is 12.1 Å². The number of hydrogen-bond acceptors (Lipinski definition) is 8. The summed E-state index contributed by atoms with van der Waals surface area (Å²) in [6, 6.07) is 2.26. The molecule has 8 nitrogen and oxygen atoms in total. The van der Waals surface area contributed by atoms with Gasteiger partial charge in [-0.15, -0.1) is 0 Å². The molecule has 0 saturated heterocycles. The molecule has 2 atom stereocenters. The lowest BCUT2D eigenvalue weighted by Crippen LogP contribution is -2.30. The van der Waals surface area contributed by atoms with Crippen LogP contribution in [0.4, 0.5) is 0 Å². The van der Waals surface area contributed by atoms with Gasteiger partial charge in [0.15, 0.2) is 11.5 Å². The van der Waals surface area contributed by atoms with E-state index in [1.54, 1.807) is 0 Å². The van der Waals surface area contributed by atoms with Crippen LogP contribution in [0.1, 0.15) is 74.1 Å². The van der Waals surface area contributed by atoms with Gasteiger partial charge in [0.05, 0.1) is 43.3 Å². The van der Waals surface area contributed by atoms with Crippen molar-refractivity contribution < 1.29 is 38.1 Å². The Morgan fingerprint density at radius 3 is 1.26 bits per heavy atom. The number of benzene rings is 2. The second-order valence-corrected chi connectivity index (χ2v) is 14.7. The van der Waals surface area contributed by atoms with E-state index in [9.17, 15) is 19.2 Å². The highest BCUT2D eigenvalue weighted by Gasteiger charge is 2.35. The average molecular weight is 757 g/mol. The zero-order valence-electron chi connectivity index (χ0n) is 25.4. The number of halogens is 6. The van der Waals surface area contributed by atoms with Crippen LogP contribution in [0.5, 0.6) is 11.5 Å². The number of rotatable bonds is 10. The maximum absolute atomic E-state index is 13.1. The molecule has 14 heteroatoms. The van der Waals surface area contributed by atoms with Crippen LogP contribution in [0.2, 0.25) is 30.1 Å². The lowest BCUT2D eigenvalue weighted by molar-refractivity contribution is -0.156. The predicted octanol–water partition coefficient (Wildman–Crippen LogP) is 9.80. The molecule has 46 heavy (non-hydrogen) atoms. The first-order valence-electron chi connectivity index (χ1n) is 14.7. The molecule has 0 aromatic heterocycles. The summed E-state index contributed by atoms with van der Waals surface area (Å²) >= 11 is 37.4. The average Bonchev–Trinajstić information content (AvgIpc) is 2.96. The van der Waals surface area contributed by atoms with Gasteiger partial charge in [0.1, 0.15) is 11.1 Å². The Labute approximate surface area is 297 Å². The van der Waals surface area contributed by atoms with Gasteiger partial charge in [-0.2, -0.15) is 0 Å². The van der Waals surface area contributed by atoms with Crippen molar-refractivity contribution in [1.29, 1.82) is 0 Å². The highest BCUT2D eigenvalue weighted by molar-refractivity contribution is 6.47. The number of ether oxygens (including phenoxy) is 4. The van der Waals surface area contributed by atoms with Gasteiger partial charge in [0, 0.05) is 0 Å². The third-order valence-electron chi connectivity index (χ3n) is 8.60. The molecule has 2 saturated carbocycles. The van der Waals surface area contributed by atoms with Gasteiger partial charge < -0.3 is 18.9 Å². The van der Waals surface area contributed by atoms with E-state index in [1.165, 1.54) is 0 Å². The second kappa shape index (κ2) is 15.5. The fourth-order valence-corrected chi connectivity index (χ4v) is 7.12. The highest BCUT2D eigenvalue weighted by atomic mass is 35.5. The van der Waals surface area contributed by atoms with Gasteiger partial charge in [-0.05, 0) is 73.3 Å². The smallest absolute Gasteiger partial charge is 0.423 e. The topological polar surface area (TPSA) is 105 Å². The molecule has 2 fully saturated rings. The maximum Gasteiger partial charge on any atom is 0.423 e. The molecule has 2 aromatic carbocycles. The SMILES string of the molecule is CC1CC(C(C)COC(=O)c2c(Cl)c(Cl)cc(Cl)c2OC(=O)C(=O)Oc2c(Cl)cc(Cl)c(Cl)c2C(=O)OCC(C)C2CC(C)C2)C1. The van der Waals surface area contributed by atoms with Crippen LogP contribution >= 0.6 is 69.6 Å². The third kappa shape index (κ3) is 8.37. The molecule has 0 spiro atoms.